The number of carbonyl (C=O) groups is 1. The summed E-state index contributed by atoms with van der Waals surface area (Å²) in [6, 6.07) is 14.2. The largest absolute Gasteiger partial charge is 0.360 e. The standard InChI is InChI=1S/C26H24ClN3O2/c1-15-10-11-21-19(14-15)17-7-5-9-22-25(17)29(21)12-13-30(22)26(31)23-16(2)32-28-24(23)18-6-3-4-8-20(18)27/h3-4,6,8,10-11,14,22H,5,7,9,12-13H2,1-2H3/t22-/m0/s1. The second kappa shape index (κ2) is 7.24. The van der Waals surface area contributed by atoms with E-state index < -0.39 is 0 Å². The Hall–Kier alpha value is -3.05. The van der Waals surface area contributed by atoms with E-state index in [0.717, 1.165) is 31.4 Å². The molecule has 6 rings (SSSR count). The molecule has 3 heterocycles. The molecule has 1 atom stereocenters. The fourth-order valence-corrected chi connectivity index (χ4v) is 5.79. The smallest absolute Gasteiger partial charge is 0.260 e. The van der Waals surface area contributed by atoms with Crippen LogP contribution >= 0.6 is 11.6 Å². The topological polar surface area (TPSA) is 51.3 Å². The maximum Gasteiger partial charge on any atom is 0.260 e. The second-order valence-electron chi connectivity index (χ2n) is 8.88. The number of carbonyl (C=O) groups excluding carboxylic acids is 1. The SMILES string of the molecule is Cc1ccc2c(c1)c1c3n2CCN(C(=O)c2c(-c4ccccc4Cl)noc2C)[C@H]3CCC1. The molecule has 6 heteroatoms. The van der Waals surface area contributed by atoms with Gasteiger partial charge in [-0.2, -0.15) is 0 Å². The molecule has 0 saturated heterocycles. The van der Waals surface area contributed by atoms with Crippen molar-refractivity contribution in [3.8, 4) is 11.3 Å². The summed E-state index contributed by atoms with van der Waals surface area (Å²) in [4.78, 5) is 16.0. The number of amides is 1. The molecule has 0 bridgehead atoms. The summed E-state index contributed by atoms with van der Waals surface area (Å²) in [5.74, 6) is 0.506. The van der Waals surface area contributed by atoms with Crippen LogP contribution in [0.4, 0.5) is 0 Å². The van der Waals surface area contributed by atoms with Crippen LogP contribution in [0.25, 0.3) is 22.2 Å². The van der Waals surface area contributed by atoms with Gasteiger partial charge in [-0.3, -0.25) is 4.79 Å². The number of nitrogens with zero attached hydrogens (tertiary/aromatic N) is 3. The van der Waals surface area contributed by atoms with E-state index in [0.29, 0.717) is 28.6 Å². The van der Waals surface area contributed by atoms with Gasteiger partial charge in [-0.1, -0.05) is 46.6 Å². The third-order valence-electron chi connectivity index (χ3n) is 7.00. The van der Waals surface area contributed by atoms with Crippen molar-refractivity contribution in [1.82, 2.24) is 14.6 Å². The summed E-state index contributed by atoms with van der Waals surface area (Å²) in [5, 5.41) is 6.13. The minimum atomic E-state index is -0.0239. The van der Waals surface area contributed by atoms with Crippen LogP contribution in [0.2, 0.25) is 5.02 Å². The summed E-state index contributed by atoms with van der Waals surface area (Å²) in [7, 11) is 0. The van der Waals surface area contributed by atoms with Crippen molar-refractivity contribution in [3.63, 3.8) is 0 Å². The lowest BCUT2D eigenvalue weighted by Gasteiger charge is -2.40. The molecule has 2 aromatic heterocycles. The summed E-state index contributed by atoms with van der Waals surface area (Å²) in [6.45, 7) is 5.41. The number of aromatic nitrogens is 2. The first kappa shape index (κ1) is 19.6. The molecule has 1 aliphatic carbocycles. The van der Waals surface area contributed by atoms with Gasteiger partial charge in [-0.25, -0.2) is 0 Å². The first-order valence-corrected chi connectivity index (χ1v) is 11.6. The van der Waals surface area contributed by atoms with E-state index in [9.17, 15) is 4.79 Å². The van der Waals surface area contributed by atoms with E-state index in [1.165, 1.54) is 27.7 Å². The van der Waals surface area contributed by atoms with E-state index in [1.807, 2.05) is 29.2 Å². The average molecular weight is 446 g/mol. The summed E-state index contributed by atoms with van der Waals surface area (Å²) < 4.78 is 7.93. The summed E-state index contributed by atoms with van der Waals surface area (Å²) in [5.41, 5.74) is 7.05. The molecule has 1 aliphatic heterocycles. The first-order chi connectivity index (χ1) is 15.5. The Balaban J connectivity index is 1.46. The van der Waals surface area contributed by atoms with Crippen molar-refractivity contribution in [2.24, 2.45) is 0 Å². The molecular formula is C26H24ClN3O2. The Morgan fingerprint density at radius 2 is 2.00 bits per heavy atom. The molecule has 5 nitrogen and oxygen atoms in total. The van der Waals surface area contributed by atoms with Crippen molar-refractivity contribution in [1.29, 1.82) is 0 Å². The predicted octanol–water partition coefficient (Wildman–Crippen LogP) is 6.10. The fourth-order valence-electron chi connectivity index (χ4n) is 5.57. The zero-order chi connectivity index (χ0) is 22.0. The van der Waals surface area contributed by atoms with Crippen LogP contribution in [-0.4, -0.2) is 27.1 Å². The number of hydrogen-bond acceptors (Lipinski definition) is 3. The van der Waals surface area contributed by atoms with Gasteiger partial charge in [0.25, 0.3) is 5.91 Å². The van der Waals surface area contributed by atoms with E-state index in [-0.39, 0.29) is 11.9 Å². The van der Waals surface area contributed by atoms with Crippen molar-refractivity contribution < 1.29 is 9.32 Å². The summed E-state index contributed by atoms with van der Waals surface area (Å²) in [6.07, 6.45) is 3.12. The highest BCUT2D eigenvalue weighted by molar-refractivity contribution is 6.33. The van der Waals surface area contributed by atoms with E-state index >= 15 is 0 Å². The molecule has 4 aromatic rings. The molecule has 0 saturated carbocycles. The lowest BCUT2D eigenvalue weighted by molar-refractivity contribution is 0.0600. The van der Waals surface area contributed by atoms with E-state index in [1.54, 1.807) is 6.92 Å². The highest BCUT2D eigenvalue weighted by atomic mass is 35.5. The predicted molar refractivity (Wildman–Crippen MR) is 125 cm³/mol. The summed E-state index contributed by atoms with van der Waals surface area (Å²) >= 11 is 6.43. The van der Waals surface area contributed by atoms with Crippen LogP contribution < -0.4 is 0 Å². The molecule has 0 N–H and O–H groups in total. The Kier molecular flexibility index (Phi) is 4.44. The van der Waals surface area contributed by atoms with Gasteiger partial charge in [-0.05, 0) is 56.9 Å². The second-order valence-corrected chi connectivity index (χ2v) is 9.29. The number of halogens is 1. The maximum absolute atomic E-state index is 13.9. The zero-order valence-corrected chi connectivity index (χ0v) is 18.9. The molecule has 0 fully saturated rings. The molecule has 1 amide bonds. The van der Waals surface area contributed by atoms with Gasteiger partial charge in [0.05, 0.1) is 11.1 Å². The van der Waals surface area contributed by atoms with Gasteiger partial charge in [0, 0.05) is 35.2 Å². The molecule has 0 spiro atoms. The minimum absolute atomic E-state index is 0.0239. The Morgan fingerprint density at radius 1 is 1.16 bits per heavy atom. The number of rotatable bonds is 2. The molecule has 2 aromatic carbocycles. The van der Waals surface area contributed by atoms with Gasteiger partial charge in [0.2, 0.25) is 0 Å². The van der Waals surface area contributed by atoms with Crippen molar-refractivity contribution in [3.05, 3.63) is 75.6 Å². The highest BCUT2D eigenvalue weighted by Crippen LogP contribution is 2.44. The number of fused-ring (bicyclic) bond motifs is 3. The quantitative estimate of drug-likeness (QED) is 0.374. The Morgan fingerprint density at radius 3 is 2.84 bits per heavy atom. The Bertz CT molecular complexity index is 1380. The van der Waals surface area contributed by atoms with Gasteiger partial charge in [-0.15, -0.1) is 0 Å². The van der Waals surface area contributed by atoms with Gasteiger partial charge in [0.1, 0.15) is 17.0 Å². The third-order valence-corrected chi connectivity index (χ3v) is 7.32. The van der Waals surface area contributed by atoms with Crippen LogP contribution in [0.15, 0.2) is 47.0 Å². The van der Waals surface area contributed by atoms with Gasteiger partial charge >= 0.3 is 0 Å². The molecule has 162 valence electrons. The highest BCUT2D eigenvalue weighted by Gasteiger charge is 2.39. The van der Waals surface area contributed by atoms with Crippen LogP contribution in [0.1, 0.15) is 51.8 Å². The Labute approximate surface area is 191 Å². The lowest BCUT2D eigenvalue weighted by Crippen LogP contribution is -2.43. The monoisotopic (exact) mass is 445 g/mol. The average Bonchev–Trinajstić information content (AvgIpc) is 3.33. The molecular weight excluding hydrogens is 422 g/mol. The minimum Gasteiger partial charge on any atom is -0.360 e. The van der Waals surface area contributed by atoms with E-state index in [2.05, 4.69) is 34.8 Å². The van der Waals surface area contributed by atoms with Crippen molar-refractivity contribution in [2.75, 3.05) is 6.54 Å². The number of benzene rings is 2. The first-order valence-electron chi connectivity index (χ1n) is 11.2. The van der Waals surface area contributed by atoms with Crippen LogP contribution in [0.5, 0.6) is 0 Å². The fraction of sp³-hybridized carbons (Fsp3) is 0.308. The van der Waals surface area contributed by atoms with Crippen LogP contribution in [-0.2, 0) is 13.0 Å². The number of hydrogen-bond donors (Lipinski definition) is 0. The normalized spacial score (nSPS) is 17.6. The maximum atomic E-state index is 13.9. The third kappa shape index (κ3) is 2.77. The van der Waals surface area contributed by atoms with Crippen molar-refractivity contribution >= 4 is 28.4 Å². The van der Waals surface area contributed by atoms with Crippen LogP contribution in [0.3, 0.4) is 0 Å². The molecule has 0 radical (unpaired) electrons. The zero-order valence-electron chi connectivity index (χ0n) is 18.2. The number of aryl methyl sites for hydroxylation is 3. The molecule has 32 heavy (non-hydrogen) atoms. The molecule has 2 aliphatic rings. The lowest BCUT2D eigenvalue weighted by atomic mass is 9.89. The van der Waals surface area contributed by atoms with Crippen molar-refractivity contribution in [2.45, 2.75) is 45.7 Å². The molecule has 0 unspecified atom stereocenters. The van der Waals surface area contributed by atoms with E-state index in [4.69, 9.17) is 16.1 Å². The van der Waals surface area contributed by atoms with Crippen LogP contribution in [0, 0.1) is 13.8 Å². The van der Waals surface area contributed by atoms with Gasteiger partial charge < -0.3 is 14.0 Å². The van der Waals surface area contributed by atoms with Gasteiger partial charge in [0.15, 0.2) is 0 Å².